The van der Waals surface area contributed by atoms with Gasteiger partial charge >= 0.3 is 0 Å². The fourth-order valence-corrected chi connectivity index (χ4v) is 4.07. The molecule has 0 aromatic carbocycles. The molecule has 1 fully saturated rings. The molecule has 1 aliphatic rings. The van der Waals surface area contributed by atoms with Gasteiger partial charge in [0.1, 0.15) is 0 Å². The second-order valence-electron chi connectivity index (χ2n) is 5.16. The molecule has 2 atom stereocenters. The molecule has 0 aliphatic heterocycles. The molecule has 1 aliphatic carbocycles. The molecule has 1 heterocycles. The van der Waals surface area contributed by atoms with Crippen LogP contribution in [0.4, 0.5) is 0 Å². The molecular weight excluding hydrogens is 324 g/mol. The third-order valence-corrected chi connectivity index (χ3v) is 5.39. The molecule has 2 unspecified atom stereocenters. The minimum Gasteiger partial charge on any atom is -0.355 e. The van der Waals surface area contributed by atoms with E-state index in [2.05, 4.69) is 27.3 Å². The van der Waals surface area contributed by atoms with Gasteiger partial charge in [-0.2, -0.15) is 0 Å². The smallest absolute Gasteiger partial charge is 0.224 e. The third-order valence-electron chi connectivity index (χ3n) is 3.71. The molecule has 0 radical (unpaired) electrons. The van der Waals surface area contributed by atoms with Crippen LogP contribution in [0, 0.1) is 5.92 Å². The van der Waals surface area contributed by atoms with Crippen LogP contribution in [0.3, 0.4) is 0 Å². The van der Waals surface area contributed by atoms with Crippen molar-refractivity contribution in [3.8, 4) is 0 Å². The normalized spacial score (nSPS) is 23.9. The second-order valence-corrected chi connectivity index (χ2v) is 7.70. The molecule has 3 N–H and O–H groups in total. The number of nitrogens with one attached hydrogen (secondary N) is 1. The van der Waals surface area contributed by atoms with Crippen LogP contribution in [0.15, 0.2) is 15.9 Å². The Hall–Kier alpha value is -0.390. The van der Waals surface area contributed by atoms with Crippen molar-refractivity contribution in [1.82, 2.24) is 5.32 Å². The van der Waals surface area contributed by atoms with Gasteiger partial charge in [0, 0.05) is 17.5 Å². The molecular formula is C14H21BrN2OS. The number of carbonyl (C=O) groups excluding carboxylic acids is 1. The molecule has 1 saturated carbocycles. The zero-order valence-corrected chi connectivity index (χ0v) is 13.4. The van der Waals surface area contributed by atoms with Crippen molar-refractivity contribution in [3.05, 3.63) is 20.8 Å². The van der Waals surface area contributed by atoms with Gasteiger partial charge < -0.3 is 11.1 Å². The highest BCUT2D eigenvalue weighted by atomic mass is 79.9. The maximum Gasteiger partial charge on any atom is 0.224 e. The van der Waals surface area contributed by atoms with Gasteiger partial charge in [-0.3, -0.25) is 4.79 Å². The number of hydrogen-bond acceptors (Lipinski definition) is 3. The van der Waals surface area contributed by atoms with Crippen molar-refractivity contribution in [2.75, 3.05) is 6.54 Å². The van der Waals surface area contributed by atoms with E-state index in [1.807, 2.05) is 6.07 Å². The van der Waals surface area contributed by atoms with Gasteiger partial charge in [-0.15, -0.1) is 11.3 Å². The van der Waals surface area contributed by atoms with Crippen molar-refractivity contribution in [3.63, 3.8) is 0 Å². The lowest BCUT2D eigenvalue weighted by molar-refractivity contribution is -0.125. The Morgan fingerprint density at radius 1 is 1.37 bits per heavy atom. The number of amides is 1. The summed E-state index contributed by atoms with van der Waals surface area (Å²) in [7, 11) is 0. The number of nitrogens with two attached hydrogens (primary N) is 1. The lowest BCUT2D eigenvalue weighted by atomic mass is 9.94. The SMILES string of the molecule is NC1CCCCCC1C(=O)NCCc1ccc(Br)s1. The van der Waals surface area contributed by atoms with Gasteiger partial charge in [0.15, 0.2) is 0 Å². The molecule has 1 amide bonds. The fourth-order valence-electron chi connectivity index (χ4n) is 2.59. The first kappa shape index (κ1) is 15.0. The Bertz CT molecular complexity index is 421. The summed E-state index contributed by atoms with van der Waals surface area (Å²) in [5, 5.41) is 3.04. The van der Waals surface area contributed by atoms with Gasteiger partial charge in [0.2, 0.25) is 5.91 Å². The molecule has 5 heteroatoms. The van der Waals surface area contributed by atoms with Gasteiger partial charge in [-0.05, 0) is 47.3 Å². The Labute approximate surface area is 127 Å². The van der Waals surface area contributed by atoms with Crippen LogP contribution in [0.5, 0.6) is 0 Å². The van der Waals surface area contributed by atoms with E-state index >= 15 is 0 Å². The second kappa shape index (κ2) is 7.41. The summed E-state index contributed by atoms with van der Waals surface area (Å²) in [5.74, 6) is 0.155. The van der Waals surface area contributed by atoms with E-state index in [9.17, 15) is 4.79 Å². The summed E-state index contributed by atoms with van der Waals surface area (Å²) in [6, 6.07) is 4.18. The van der Waals surface area contributed by atoms with Crippen molar-refractivity contribution in [2.24, 2.45) is 11.7 Å². The van der Waals surface area contributed by atoms with Gasteiger partial charge in [0.25, 0.3) is 0 Å². The third kappa shape index (κ3) is 4.58. The number of rotatable bonds is 4. The van der Waals surface area contributed by atoms with Crippen LogP contribution in [-0.4, -0.2) is 18.5 Å². The molecule has 1 aromatic heterocycles. The predicted octanol–water partition coefficient (Wildman–Crippen LogP) is 3.08. The molecule has 2 rings (SSSR count). The van der Waals surface area contributed by atoms with E-state index in [1.54, 1.807) is 11.3 Å². The number of hydrogen-bond donors (Lipinski definition) is 2. The number of halogens is 1. The Morgan fingerprint density at radius 2 is 2.16 bits per heavy atom. The Balaban J connectivity index is 1.76. The average molecular weight is 345 g/mol. The zero-order chi connectivity index (χ0) is 13.7. The van der Waals surface area contributed by atoms with E-state index in [4.69, 9.17) is 5.73 Å². The molecule has 0 spiro atoms. The minimum absolute atomic E-state index is 0.0116. The summed E-state index contributed by atoms with van der Waals surface area (Å²) in [6.07, 6.45) is 6.32. The number of carbonyl (C=O) groups is 1. The largest absolute Gasteiger partial charge is 0.355 e. The monoisotopic (exact) mass is 344 g/mol. The highest BCUT2D eigenvalue weighted by Crippen LogP contribution is 2.23. The lowest BCUT2D eigenvalue weighted by Gasteiger charge is -2.20. The molecule has 106 valence electrons. The quantitative estimate of drug-likeness (QED) is 0.824. The summed E-state index contributed by atoms with van der Waals surface area (Å²) in [4.78, 5) is 13.4. The number of thiophene rings is 1. The van der Waals surface area contributed by atoms with Crippen molar-refractivity contribution < 1.29 is 4.79 Å². The lowest BCUT2D eigenvalue weighted by Crippen LogP contribution is -2.41. The topological polar surface area (TPSA) is 55.1 Å². The van der Waals surface area contributed by atoms with Crippen LogP contribution in [0.1, 0.15) is 37.0 Å². The van der Waals surface area contributed by atoms with Crippen molar-refractivity contribution in [1.29, 1.82) is 0 Å². The van der Waals surface area contributed by atoms with E-state index in [0.717, 1.165) is 35.9 Å². The van der Waals surface area contributed by atoms with E-state index in [0.29, 0.717) is 6.54 Å². The van der Waals surface area contributed by atoms with E-state index in [1.165, 1.54) is 11.3 Å². The first-order valence-corrected chi connectivity index (χ1v) is 8.55. The summed E-state index contributed by atoms with van der Waals surface area (Å²) < 4.78 is 1.14. The van der Waals surface area contributed by atoms with Gasteiger partial charge in [-0.25, -0.2) is 0 Å². The van der Waals surface area contributed by atoms with Crippen LogP contribution in [0.25, 0.3) is 0 Å². The summed E-state index contributed by atoms with van der Waals surface area (Å²) in [6.45, 7) is 0.703. The summed E-state index contributed by atoms with van der Waals surface area (Å²) in [5.41, 5.74) is 6.10. The molecule has 1 aromatic rings. The van der Waals surface area contributed by atoms with Crippen LogP contribution in [0.2, 0.25) is 0 Å². The van der Waals surface area contributed by atoms with Crippen LogP contribution < -0.4 is 11.1 Å². The Morgan fingerprint density at radius 3 is 2.89 bits per heavy atom. The van der Waals surface area contributed by atoms with E-state index < -0.39 is 0 Å². The van der Waals surface area contributed by atoms with Crippen molar-refractivity contribution >= 4 is 33.2 Å². The standard InChI is InChI=1S/C14H21BrN2OS/c15-13-7-6-10(19-13)8-9-17-14(18)11-4-2-1-3-5-12(11)16/h6-7,11-12H,1-5,8-9,16H2,(H,17,18). The predicted molar refractivity (Wildman–Crippen MR) is 83.3 cm³/mol. The van der Waals surface area contributed by atoms with Crippen LogP contribution in [-0.2, 0) is 11.2 Å². The molecule has 0 saturated heterocycles. The Kier molecular flexibility index (Phi) is 5.85. The highest BCUT2D eigenvalue weighted by molar-refractivity contribution is 9.11. The maximum atomic E-state index is 12.2. The molecule has 3 nitrogen and oxygen atoms in total. The first-order valence-electron chi connectivity index (χ1n) is 6.94. The van der Waals surface area contributed by atoms with Crippen molar-refractivity contribution in [2.45, 2.75) is 44.6 Å². The molecule has 19 heavy (non-hydrogen) atoms. The first-order chi connectivity index (χ1) is 9.16. The van der Waals surface area contributed by atoms with E-state index in [-0.39, 0.29) is 17.9 Å². The fraction of sp³-hybridized carbons (Fsp3) is 0.643. The van der Waals surface area contributed by atoms with Gasteiger partial charge in [-0.1, -0.05) is 19.3 Å². The minimum atomic E-state index is 0.0116. The average Bonchev–Trinajstić information content (AvgIpc) is 2.67. The summed E-state index contributed by atoms with van der Waals surface area (Å²) >= 11 is 5.17. The van der Waals surface area contributed by atoms with Crippen LogP contribution >= 0.6 is 27.3 Å². The highest BCUT2D eigenvalue weighted by Gasteiger charge is 2.26. The van der Waals surface area contributed by atoms with Gasteiger partial charge in [0.05, 0.1) is 9.70 Å². The molecule has 0 bridgehead atoms. The zero-order valence-electron chi connectivity index (χ0n) is 11.0. The maximum absolute atomic E-state index is 12.2.